The summed E-state index contributed by atoms with van der Waals surface area (Å²) in [5.41, 5.74) is 21.8. The summed E-state index contributed by atoms with van der Waals surface area (Å²) in [5, 5.41) is 0. The van der Waals surface area contributed by atoms with Gasteiger partial charge in [0.15, 0.2) is 11.4 Å². The Labute approximate surface area is 504 Å². The largest absolute Gasteiger partial charge is 0.491 e. The summed E-state index contributed by atoms with van der Waals surface area (Å²) >= 11 is 0. The van der Waals surface area contributed by atoms with Crippen LogP contribution >= 0.6 is 0 Å². The maximum Gasteiger partial charge on any atom is 0.287 e. The van der Waals surface area contributed by atoms with Crippen LogP contribution in [0.15, 0.2) is 189 Å². The molecule has 0 saturated heterocycles. The number of nitrogens with zero attached hydrogens (tertiary/aromatic N) is 9. The number of hydrogen-bond donors (Lipinski definition) is 0. The molecule has 2 atom stereocenters. The number of fused-ring (bicyclic) bond motifs is 3. The maximum absolute atomic E-state index is 6.04. The Morgan fingerprint density at radius 2 is 0.837 bits per heavy atom. The van der Waals surface area contributed by atoms with Crippen LogP contribution in [0.2, 0.25) is 0 Å². The van der Waals surface area contributed by atoms with E-state index in [1.807, 2.05) is 38.4 Å². The molecule has 12 heteroatoms. The number of aryl methyl sites for hydroxylation is 2. The maximum atomic E-state index is 6.04. The lowest BCUT2D eigenvalue weighted by Crippen LogP contribution is -2.35. The molecule has 3 aromatic carbocycles. The van der Waals surface area contributed by atoms with Crippen LogP contribution in [0.25, 0.3) is 84.1 Å². The van der Waals surface area contributed by atoms with Crippen molar-refractivity contribution >= 4 is 16.9 Å². The Balaban J connectivity index is 0.797. The fraction of sp³-hybridized carbons (Fsp3) is 0.270. The summed E-state index contributed by atoms with van der Waals surface area (Å²) in [6, 6.07) is 47.2. The predicted molar refractivity (Wildman–Crippen MR) is 342 cm³/mol. The van der Waals surface area contributed by atoms with Crippen LogP contribution in [0.4, 0.5) is 0 Å². The summed E-state index contributed by atoms with van der Waals surface area (Å²) in [4.78, 5) is 20.1. The second-order valence-corrected chi connectivity index (χ2v) is 24.4. The molecule has 0 amide bonds. The number of benzene rings is 3. The molecule has 13 rings (SSSR count). The first-order chi connectivity index (χ1) is 41.7. The van der Waals surface area contributed by atoms with Crippen LogP contribution in [-0.4, -0.2) is 51.4 Å². The zero-order valence-corrected chi connectivity index (χ0v) is 50.9. The number of rotatable bonds is 19. The lowest BCUT2D eigenvalue weighted by atomic mass is 10.0. The van der Waals surface area contributed by atoms with Gasteiger partial charge in [0.05, 0.1) is 43.3 Å². The van der Waals surface area contributed by atoms with Crippen molar-refractivity contribution in [3.05, 3.63) is 217 Å². The number of imidazole rings is 3. The summed E-state index contributed by atoms with van der Waals surface area (Å²) in [6.45, 7) is 22.7. The highest BCUT2D eigenvalue weighted by atomic mass is 16.5. The second-order valence-electron chi connectivity index (χ2n) is 24.4. The average Bonchev–Trinajstić information content (AvgIpc) is 2.03. The van der Waals surface area contributed by atoms with Crippen molar-refractivity contribution in [2.75, 3.05) is 0 Å². The van der Waals surface area contributed by atoms with Gasteiger partial charge in [0.2, 0.25) is 0 Å². The zero-order valence-electron chi connectivity index (χ0n) is 50.9. The van der Waals surface area contributed by atoms with Gasteiger partial charge in [-0.25, -0.2) is 14.1 Å². The minimum atomic E-state index is 0.0905. The van der Waals surface area contributed by atoms with Crippen molar-refractivity contribution in [1.82, 2.24) is 33.1 Å². The van der Waals surface area contributed by atoms with Gasteiger partial charge >= 0.3 is 0 Å². The van der Waals surface area contributed by atoms with Gasteiger partial charge in [-0.1, -0.05) is 50.2 Å². The van der Waals surface area contributed by atoms with Crippen molar-refractivity contribution in [2.45, 2.75) is 131 Å². The smallest absolute Gasteiger partial charge is 0.287 e. The van der Waals surface area contributed by atoms with Crippen LogP contribution in [0.1, 0.15) is 114 Å². The molecule has 0 radical (unpaired) electrons. The fourth-order valence-corrected chi connectivity index (χ4v) is 12.0. The molecule has 9 aromatic heterocycles. The Bertz CT molecular complexity index is 4380. The molecule has 1 saturated carbocycles. The molecule has 1 aliphatic rings. The summed E-state index contributed by atoms with van der Waals surface area (Å²) in [6.07, 6.45) is 22.1. The molecular formula is C74H75N9O3+2. The fourth-order valence-electron chi connectivity index (χ4n) is 12.0. The molecule has 1 aliphatic carbocycles. The first kappa shape index (κ1) is 55.8. The van der Waals surface area contributed by atoms with Gasteiger partial charge in [0.25, 0.3) is 11.3 Å². The Hall–Kier alpha value is -9.42. The highest BCUT2D eigenvalue weighted by molar-refractivity contribution is 5.74. The van der Waals surface area contributed by atoms with E-state index >= 15 is 0 Å². The standard InChI is InChI=1S/C74H75N9O3/c1-46(2)84-61-23-13-53(14-24-61)60-22-32-72-78-38-69(81(72)41-60)57-19-29-66(75-35-57)51(9)39-79-44-70(82-42-64(49(7)33-73(79)82)54-15-25-62(26-16-54)85-47(3)4)58-20-30-67(76-36-58)52(10)40-80-45-71(59-21-31-68(77-37-59)56-11-12-56)83-43-65(50(8)34-74(80)83)55-17-27-63(28-18-55)86-48(5)6/h13-38,41-48,51-52,56H,11-12,39-40H2,1-10H3/q+2. The third-order valence-electron chi connectivity index (χ3n) is 16.5. The van der Waals surface area contributed by atoms with Crippen LogP contribution < -0.4 is 23.3 Å². The van der Waals surface area contributed by atoms with Crippen LogP contribution in [0.3, 0.4) is 0 Å². The minimum Gasteiger partial charge on any atom is -0.491 e. The lowest BCUT2D eigenvalue weighted by molar-refractivity contribution is -0.673. The van der Waals surface area contributed by atoms with Crippen molar-refractivity contribution in [3.63, 3.8) is 0 Å². The van der Waals surface area contributed by atoms with Gasteiger partial charge in [-0.2, -0.15) is 8.80 Å². The van der Waals surface area contributed by atoms with E-state index in [0.29, 0.717) is 12.5 Å². The molecule has 0 aliphatic heterocycles. The topological polar surface area (TPSA) is 100 Å². The quantitative estimate of drug-likeness (QED) is 0.0744. The zero-order chi connectivity index (χ0) is 59.3. The monoisotopic (exact) mass is 1140 g/mol. The third-order valence-corrected chi connectivity index (χ3v) is 16.5. The van der Waals surface area contributed by atoms with E-state index in [9.17, 15) is 0 Å². The molecule has 9 heterocycles. The van der Waals surface area contributed by atoms with Crippen molar-refractivity contribution in [2.24, 2.45) is 0 Å². The molecule has 0 bridgehead atoms. The van der Waals surface area contributed by atoms with Crippen LogP contribution in [-0.2, 0) is 13.1 Å². The SMILES string of the molecule is Cc1cc2n(cc1-c1ccc(OC(C)C)cc1)c(-c1ccc(C(C)C[n+]3cc(-c4ccc(C5CC5)nc4)n4cc(-c5ccc(OC(C)C)cc5)c(C)cc43)nc1)c[n+]2CC(C)c1ccc(-c2cnc3ccc(-c4ccc(OC(C)C)cc4)cn23)cn1. The molecule has 86 heavy (non-hydrogen) atoms. The summed E-state index contributed by atoms with van der Waals surface area (Å²) < 4.78 is 29.5. The Kier molecular flexibility index (Phi) is 15.0. The van der Waals surface area contributed by atoms with Crippen LogP contribution in [0.5, 0.6) is 17.2 Å². The molecule has 12 aromatic rings. The van der Waals surface area contributed by atoms with Gasteiger partial charge in [-0.3, -0.25) is 19.4 Å². The minimum absolute atomic E-state index is 0.0905. The number of hydrogen-bond acceptors (Lipinski definition) is 7. The lowest BCUT2D eigenvalue weighted by Gasteiger charge is -2.12. The molecule has 2 unspecified atom stereocenters. The predicted octanol–water partition coefficient (Wildman–Crippen LogP) is 16.1. The first-order valence-corrected chi connectivity index (χ1v) is 30.4. The van der Waals surface area contributed by atoms with Crippen molar-refractivity contribution in [3.8, 4) is 84.4 Å². The van der Waals surface area contributed by atoms with E-state index < -0.39 is 0 Å². The molecular weight excluding hydrogens is 1060 g/mol. The van der Waals surface area contributed by atoms with Gasteiger partial charge < -0.3 is 14.2 Å². The normalized spacial score (nSPS) is 13.4. The van der Waals surface area contributed by atoms with Gasteiger partial charge in [-0.05, 0) is 187 Å². The van der Waals surface area contributed by atoms with Gasteiger partial charge in [0.1, 0.15) is 47.7 Å². The van der Waals surface area contributed by atoms with E-state index in [0.717, 1.165) is 114 Å². The first-order valence-electron chi connectivity index (χ1n) is 30.4. The number of aromatic nitrogens is 9. The van der Waals surface area contributed by atoms with Crippen molar-refractivity contribution in [1.29, 1.82) is 0 Å². The molecule has 12 nitrogen and oxygen atoms in total. The van der Waals surface area contributed by atoms with E-state index in [4.69, 9.17) is 34.1 Å². The summed E-state index contributed by atoms with van der Waals surface area (Å²) in [5.74, 6) is 3.37. The Morgan fingerprint density at radius 1 is 0.419 bits per heavy atom. The van der Waals surface area contributed by atoms with Gasteiger partial charge in [0, 0.05) is 99.6 Å². The summed E-state index contributed by atoms with van der Waals surface area (Å²) in [7, 11) is 0. The van der Waals surface area contributed by atoms with E-state index in [1.165, 1.54) is 35.2 Å². The molecule has 0 N–H and O–H groups in total. The highest BCUT2D eigenvalue weighted by Crippen LogP contribution is 2.40. The van der Waals surface area contributed by atoms with E-state index in [2.05, 4.69) is 242 Å². The number of ether oxygens (including phenoxy) is 3. The van der Waals surface area contributed by atoms with E-state index in [-0.39, 0.29) is 30.1 Å². The number of pyridine rings is 6. The second kappa shape index (κ2) is 23.2. The molecule has 432 valence electrons. The molecule has 1 fully saturated rings. The third kappa shape index (κ3) is 11.5. The highest BCUT2D eigenvalue weighted by Gasteiger charge is 2.28. The van der Waals surface area contributed by atoms with Crippen molar-refractivity contribution < 1.29 is 23.3 Å². The van der Waals surface area contributed by atoms with E-state index in [1.54, 1.807) is 0 Å². The van der Waals surface area contributed by atoms with Crippen LogP contribution in [0, 0.1) is 13.8 Å². The molecule has 0 spiro atoms. The van der Waals surface area contributed by atoms with Gasteiger partial charge in [-0.15, -0.1) is 0 Å². The Morgan fingerprint density at radius 3 is 1.26 bits per heavy atom. The average molecular weight is 1140 g/mol.